The van der Waals surface area contributed by atoms with Crippen LogP contribution in [-0.4, -0.2) is 32.6 Å². The Bertz CT molecular complexity index is 1970. The molecule has 2 aliphatic rings. The van der Waals surface area contributed by atoms with Crippen molar-refractivity contribution in [3.8, 4) is 11.3 Å². The highest BCUT2D eigenvalue weighted by atomic mass is 35.5. The summed E-state index contributed by atoms with van der Waals surface area (Å²) in [5.74, 6) is 1.10. The molecule has 0 atom stereocenters. The van der Waals surface area contributed by atoms with Crippen molar-refractivity contribution in [3.63, 3.8) is 0 Å². The molecule has 0 radical (unpaired) electrons. The fraction of sp³-hybridized carbons (Fsp3) is 0.333. The number of pyridine rings is 2. The molecule has 7 nitrogen and oxygen atoms in total. The summed E-state index contributed by atoms with van der Waals surface area (Å²) in [5, 5.41) is 7.37. The lowest BCUT2D eigenvalue weighted by molar-refractivity contribution is -0.138. The van der Waals surface area contributed by atoms with Crippen LogP contribution in [0.3, 0.4) is 0 Å². The summed E-state index contributed by atoms with van der Waals surface area (Å²) in [4.78, 5) is 27.9. The SMILES string of the molecule is O=c1c(-c2ncc(C3CCCC3)cc2Cl)cc2cnc(Nc3ccc(C4CCNCC4)cc3)nc2n1Cc1ccccc1C(F)(F)F. The Balaban J connectivity index is 1.29. The minimum Gasteiger partial charge on any atom is -0.324 e. The summed E-state index contributed by atoms with van der Waals surface area (Å²) in [7, 11) is 0. The van der Waals surface area contributed by atoms with Crippen LogP contribution in [0.25, 0.3) is 22.3 Å². The number of aromatic nitrogens is 4. The topological polar surface area (TPSA) is 84.7 Å². The van der Waals surface area contributed by atoms with Crippen LogP contribution in [0.5, 0.6) is 0 Å². The van der Waals surface area contributed by atoms with Gasteiger partial charge in [-0.25, -0.2) is 4.98 Å². The minimum atomic E-state index is -4.60. The quantitative estimate of drug-likeness (QED) is 0.183. The maximum atomic E-state index is 14.2. The molecule has 1 saturated heterocycles. The Morgan fingerprint density at radius 1 is 0.894 bits per heavy atom. The van der Waals surface area contributed by atoms with E-state index in [1.54, 1.807) is 18.5 Å². The second kappa shape index (κ2) is 13.1. The summed E-state index contributed by atoms with van der Waals surface area (Å²) in [6.07, 6.45) is 5.32. The number of anilines is 2. The van der Waals surface area contributed by atoms with Gasteiger partial charge in [-0.05, 0) is 97.6 Å². The molecule has 2 fully saturated rings. The number of fused-ring (bicyclic) bond motifs is 1. The first-order valence-corrected chi connectivity index (χ1v) is 16.4. The fourth-order valence-electron chi connectivity index (χ4n) is 6.90. The maximum absolute atomic E-state index is 14.2. The number of rotatable bonds is 7. The van der Waals surface area contributed by atoms with E-state index in [9.17, 15) is 18.0 Å². The molecule has 0 bridgehead atoms. The van der Waals surface area contributed by atoms with Crippen LogP contribution in [0.15, 0.2) is 77.9 Å². The van der Waals surface area contributed by atoms with Crippen LogP contribution in [-0.2, 0) is 12.7 Å². The highest BCUT2D eigenvalue weighted by Gasteiger charge is 2.33. The molecule has 47 heavy (non-hydrogen) atoms. The number of nitrogens with one attached hydrogen (secondary N) is 2. The molecule has 0 amide bonds. The molecule has 11 heteroatoms. The number of hydrogen-bond donors (Lipinski definition) is 2. The summed E-state index contributed by atoms with van der Waals surface area (Å²) in [6.45, 7) is 1.64. The summed E-state index contributed by atoms with van der Waals surface area (Å²) in [6, 6.07) is 16.8. The highest BCUT2D eigenvalue weighted by molar-refractivity contribution is 6.33. The normalized spacial score (nSPS) is 16.2. The van der Waals surface area contributed by atoms with Gasteiger partial charge in [-0.2, -0.15) is 18.2 Å². The van der Waals surface area contributed by atoms with Gasteiger partial charge in [0.25, 0.3) is 5.56 Å². The molecule has 0 unspecified atom stereocenters. The first-order chi connectivity index (χ1) is 22.7. The predicted molar refractivity (Wildman–Crippen MR) is 178 cm³/mol. The van der Waals surface area contributed by atoms with Crippen molar-refractivity contribution in [3.05, 3.63) is 111 Å². The van der Waals surface area contributed by atoms with Gasteiger partial charge in [0.2, 0.25) is 5.95 Å². The molecule has 0 spiro atoms. The molecule has 1 aliphatic carbocycles. The van der Waals surface area contributed by atoms with E-state index in [1.165, 1.54) is 28.3 Å². The van der Waals surface area contributed by atoms with Crippen molar-refractivity contribution >= 4 is 34.3 Å². The van der Waals surface area contributed by atoms with Gasteiger partial charge in [-0.15, -0.1) is 0 Å². The number of nitrogens with zero attached hydrogens (tertiary/aromatic N) is 4. The Hall–Kier alpha value is -4.28. The first kappa shape index (κ1) is 31.3. The molecule has 4 heterocycles. The Morgan fingerprint density at radius 2 is 1.62 bits per heavy atom. The lowest BCUT2D eigenvalue weighted by Gasteiger charge is -2.23. The fourth-order valence-corrected chi connectivity index (χ4v) is 7.17. The molecule has 7 rings (SSSR count). The Labute approximate surface area is 275 Å². The summed E-state index contributed by atoms with van der Waals surface area (Å²) >= 11 is 6.74. The zero-order chi connectivity index (χ0) is 32.5. The Morgan fingerprint density at radius 3 is 2.34 bits per heavy atom. The molecule has 3 aromatic heterocycles. The molecule has 1 saturated carbocycles. The van der Waals surface area contributed by atoms with Gasteiger partial charge in [-0.3, -0.25) is 14.3 Å². The van der Waals surface area contributed by atoms with Gasteiger partial charge in [0.05, 0.1) is 28.4 Å². The van der Waals surface area contributed by atoms with Gasteiger partial charge in [-0.1, -0.05) is 54.8 Å². The third kappa shape index (κ3) is 6.62. The smallest absolute Gasteiger partial charge is 0.324 e. The average Bonchev–Trinajstić information content (AvgIpc) is 3.62. The van der Waals surface area contributed by atoms with E-state index >= 15 is 0 Å². The second-order valence-electron chi connectivity index (χ2n) is 12.4. The number of piperidine rings is 1. The number of benzene rings is 2. The molecule has 1 aliphatic heterocycles. The van der Waals surface area contributed by atoms with Gasteiger partial charge in [0.1, 0.15) is 5.65 Å². The number of alkyl halides is 3. The van der Waals surface area contributed by atoms with Crippen molar-refractivity contribution in [2.24, 2.45) is 0 Å². The molecule has 2 N–H and O–H groups in total. The second-order valence-corrected chi connectivity index (χ2v) is 12.8. The summed E-state index contributed by atoms with van der Waals surface area (Å²) < 4.78 is 43.3. The lowest BCUT2D eigenvalue weighted by Crippen LogP contribution is -2.26. The summed E-state index contributed by atoms with van der Waals surface area (Å²) in [5.41, 5.74) is 2.27. The zero-order valence-electron chi connectivity index (χ0n) is 25.7. The molecule has 242 valence electrons. The van der Waals surface area contributed by atoms with E-state index in [-0.39, 0.29) is 35.0 Å². The van der Waals surface area contributed by atoms with E-state index in [1.807, 2.05) is 18.2 Å². The van der Waals surface area contributed by atoms with E-state index in [0.29, 0.717) is 22.2 Å². The van der Waals surface area contributed by atoms with Crippen LogP contribution >= 0.6 is 11.6 Å². The molecule has 2 aromatic carbocycles. The molecule has 5 aromatic rings. The van der Waals surface area contributed by atoms with Gasteiger partial charge in [0.15, 0.2) is 0 Å². The minimum absolute atomic E-state index is 0.0576. The average molecular weight is 659 g/mol. The standard InChI is InChI=1S/C36H34ClF3N6O/c37-31-18-26(22-5-1-2-6-22)19-42-32(31)29-17-27-20-43-35(44-28-11-9-23(10-12-28)24-13-15-41-16-14-24)45-33(27)46(34(29)47)21-25-7-3-4-8-30(25)36(38,39)40/h3-4,7-12,17-20,22,24,41H,1-2,5-6,13-16,21H2,(H,43,44,45). The van der Waals surface area contributed by atoms with Gasteiger partial charge < -0.3 is 10.6 Å². The Kier molecular flexibility index (Phi) is 8.72. The van der Waals surface area contributed by atoms with Crippen molar-refractivity contribution < 1.29 is 13.2 Å². The zero-order valence-corrected chi connectivity index (χ0v) is 26.4. The highest BCUT2D eigenvalue weighted by Crippen LogP contribution is 2.37. The van der Waals surface area contributed by atoms with Crippen molar-refractivity contribution in [1.82, 2.24) is 24.8 Å². The van der Waals surface area contributed by atoms with E-state index in [4.69, 9.17) is 11.6 Å². The molecular weight excluding hydrogens is 625 g/mol. The lowest BCUT2D eigenvalue weighted by atomic mass is 9.90. The van der Waals surface area contributed by atoms with Crippen molar-refractivity contribution in [1.29, 1.82) is 0 Å². The van der Waals surface area contributed by atoms with Crippen LogP contribution in [0, 0.1) is 0 Å². The number of halogens is 4. The number of hydrogen-bond acceptors (Lipinski definition) is 6. The van der Waals surface area contributed by atoms with Crippen molar-refractivity contribution in [2.75, 3.05) is 18.4 Å². The molecular formula is C36H34ClF3N6O. The van der Waals surface area contributed by atoms with Crippen LogP contribution in [0.1, 0.15) is 72.6 Å². The maximum Gasteiger partial charge on any atom is 0.416 e. The monoisotopic (exact) mass is 658 g/mol. The van der Waals surface area contributed by atoms with E-state index in [2.05, 4.69) is 37.7 Å². The first-order valence-electron chi connectivity index (χ1n) is 16.0. The van der Waals surface area contributed by atoms with Crippen molar-refractivity contribution in [2.45, 2.75) is 63.1 Å². The third-order valence-corrected chi connectivity index (χ3v) is 9.69. The van der Waals surface area contributed by atoms with Gasteiger partial charge in [0, 0.05) is 23.5 Å². The van der Waals surface area contributed by atoms with Gasteiger partial charge >= 0.3 is 6.18 Å². The predicted octanol–water partition coefficient (Wildman–Crippen LogP) is 8.44. The van der Waals surface area contributed by atoms with Crippen LogP contribution in [0.2, 0.25) is 5.02 Å². The van der Waals surface area contributed by atoms with Crippen LogP contribution < -0.4 is 16.2 Å². The third-order valence-electron chi connectivity index (χ3n) is 9.40. The largest absolute Gasteiger partial charge is 0.416 e. The van der Waals surface area contributed by atoms with Crippen LogP contribution in [0.4, 0.5) is 24.8 Å². The van der Waals surface area contributed by atoms with E-state index in [0.717, 1.165) is 68.9 Å². The van der Waals surface area contributed by atoms with E-state index < -0.39 is 17.3 Å².